The highest BCUT2D eigenvalue weighted by molar-refractivity contribution is 7.17. The number of hydrogen-bond acceptors (Lipinski definition) is 4. The highest BCUT2D eigenvalue weighted by Gasteiger charge is 2.17. The summed E-state index contributed by atoms with van der Waals surface area (Å²) in [6.45, 7) is 4.68. The quantitative estimate of drug-likeness (QED) is 0.437. The Labute approximate surface area is 184 Å². The lowest BCUT2D eigenvalue weighted by atomic mass is 10.1. The van der Waals surface area contributed by atoms with Gasteiger partial charge in [0.05, 0.1) is 12.4 Å². The maximum atomic E-state index is 12.8. The van der Waals surface area contributed by atoms with E-state index in [0.717, 1.165) is 32.8 Å². The Morgan fingerprint density at radius 2 is 1.81 bits per heavy atom. The predicted octanol–water partition coefficient (Wildman–Crippen LogP) is 2.92. The van der Waals surface area contributed by atoms with Crippen molar-refractivity contribution in [3.63, 3.8) is 0 Å². The average Bonchev–Trinajstić information content (AvgIpc) is 3.16. The van der Waals surface area contributed by atoms with Crippen molar-refractivity contribution < 1.29 is 9.69 Å². The molecule has 0 saturated heterocycles. The minimum Gasteiger partial charge on any atom is -0.323 e. The molecular weight excluding hydrogens is 408 g/mol. The summed E-state index contributed by atoms with van der Waals surface area (Å²) in [5.41, 5.74) is 4.69. The zero-order valence-electron chi connectivity index (χ0n) is 17.8. The molecule has 1 amide bonds. The summed E-state index contributed by atoms with van der Waals surface area (Å²) in [4.78, 5) is 34.5. The van der Waals surface area contributed by atoms with Crippen molar-refractivity contribution in [2.75, 3.05) is 18.9 Å². The number of aryl methyl sites for hydroxylation is 2. The number of carbonyl (C=O) groups excluding carboxylic acids is 1. The van der Waals surface area contributed by atoms with Crippen LogP contribution in [0.5, 0.6) is 0 Å². The van der Waals surface area contributed by atoms with Gasteiger partial charge < -0.3 is 15.2 Å². The number of benzene rings is 2. The van der Waals surface area contributed by atoms with Crippen LogP contribution in [-0.4, -0.2) is 29.5 Å². The van der Waals surface area contributed by atoms with Crippen LogP contribution in [0.2, 0.25) is 0 Å². The number of amides is 1. The molecule has 0 radical (unpaired) electrons. The van der Waals surface area contributed by atoms with Gasteiger partial charge >= 0.3 is 0 Å². The fourth-order valence-corrected chi connectivity index (χ4v) is 4.69. The van der Waals surface area contributed by atoms with Crippen LogP contribution >= 0.6 is 11.3 Å². The number of nitrogens with zero attached hydrogens (tertiary/aromatic N) is 1. The van der Waals surface area contributed by atoms with E-state index in [1.165, 1.54) is 11.3 Å². The van der Waals surface area contributed by atoms with Gasteiger partial charge in [0, 0.05) is 16.6 Å². The molecule has 7 heteroatoms. The Kier molecular flexibility index (Phi) is 5.97. The van der Waals surface area contributed by atoms with Crippen LogP contribution in [0.15, 0.2) is 58.7 Å². The topological polar surface area (TPSA) is 79.3 Å². The van der Waals surface area contributed by atoms with Gasteiger partial charge in [-0.2, -0.15) is 0 Å². The summed E-state index contributed by atoms with van der Waals surface area (Å²) in [5, 5.41) is 5.60. The third-order valence-corrected chi connectivity index (χ3v) is 6.13. The smallest absolute Gasteiger partial charge is 0.279 e. The van der Waals surface area contributed by atoms with Crippen LogP contribution in [0.3, 0.4) is 0 Å². The van der Waals surface area contributed by atoms with Crippen molar-refractivity contribution in [2.24, 2.45) is 0 Å². The van der Waals surface area contributed by atoms with E-state index in [0.29, 0.717) is 22.6 Å². The maximum Gasteiger partial charge on any atom is 0.279 e. The van der Waals surface area contributed by atoms with Crippen LogP contribution in [0.25, 0.3) is 21.3 Å². The Morgan fingerprint density at radius 1 is 1.10 bits per heavy atom. The second kappa shape index (κ2) is 8.83. The Bertz CT molecular complexity index is 1270. The molecule has 1 atom stereocenters. The van der Waals surface area contributed by atoms with Crippen LogP contribution < -0.4 is 15.8 Å². The molecule has 2 aromatic heterocycles. The SMILES string of the molecule is Cc1cccc(C)c1NC(=O)C[NH+](C)Cc1nc2scc(-c3ccccc3)c2c(=O)[nH]1. The van der Waals surface area contributed by atoms with Crippen molar-refractivity contribution in [2.45, 2.75) is 20.4 Å². The van der Waals surface area contributed by atoms with Gasteiger partial charge in [-0.1, -0.05) is 48.5 Å². The van der Waals surface area contributed by atoms with Crippen LogP contribution in [-0.2, 0) is 11.3 Å². The minimum atomic E-state index is -0.145. The first kappa shape index (κ1) is 21.0. The van der Waals surface area contributed by atoms with Crippen molar-refractivity contribution in [1.82, 2.24) is 9.97 Å². The number of fused-ring (bicyclic) bond motifs is 1. The molecule has 0 fully saturated rings. The molecule has 31 heavy (non-hydrogen) atoms. The van der Waals surface area contributed by atoms with Gasteiger partial charge in [-0.05, 0) is 30.5 Å². The second-order valence-electron chi connectivity index (χ2n) is 7.83. The molecule has 1 unspecified atom stereocenters. The largest absolute Gasteiger partial charge is 0.323 e. The molecule has 0 aliphatic heterocycles. The molecule has 2 heterocycles. The van der Waals surface area contributed by atoms with E-state index in [2.05, 4.69) is 15.3 Å². The van der Waals surface area contributed by atoms with E-state index >= 15 is 0 Å². The molecule has 158 valence electrons. The first-order chi connectivity index (χ1) is 14.9. The Hall–Kier alpha value is -3.29. The number of anilines is 1. The minimum absolute atomic E-state index is 0.0687. The highest BCUT2D eigenvalue weighted by Crippen LogP contribution is 2.30. The zero-order chi connectivity index (χ0) is 22.0. The summed E-state index contributed by atoms with van der Waals surface area (Å²) in [5.74, 6) is 0.511. The third-order valence-electron chi connectivity index (χ3n) is 5.25. The second-order valence-corrected chi connectivity index (χ2v) is 8.69. The number of likely N-dealkylation sites (N-methyl/N-ethyl adjacent to an activating group) is 1. The van der Waals surface area contributed by atoms with Gasteiger partial charge in [0.1, 0.15) is 11.4 Å². The lowest BCUT2D eigenvalue weighted by Crippen LogP contribution is -3.08. The molecule has 2 aromatic carbocycles. The molecule has 0 aliphatic rings. The van der Waals surface area contributed by atoms with Crippen molar-refractivity contribution >= 4 is 33.1 Å². The van der Waals surface area contributed by atoms with Crippen molar-refractivity contribution in [3.8, 4) is 11.1 Å². The number of carbonyl (C=O) groups is 1. The molecule has 0 saturated carbocycles. The monoisotopic (exact) mass is 433 g/mol. The van der Waals surface area contributed by atoms with Gasteiger partial charge in [0.15, 0.2) is 12.4 Å². The fourth-order valence-electron chi connectivity index (χ4n) is 3.73. The Balaban J connectivity index is 1.48. The van der Waals surface area contributed by atoms with Crippen molar-refractivity contribution in [1.29, 1.82) is 0 Å². The number of rotatable bonds is 6. The summed E-state index contributed by atoms with van der Waals surface area (Å²) in [6.07, 6.45) is 0. The van der Waals surface area contributed by atoms with E-state index in [1.807, 2.05) is 74.8 Å². The fraction of sp³-hybridized carbons (Fsp3) is 0.208. The first-order valence-electron chi connectivity index (χ1n) is 10.2. The van der Waals surface area contributed by atoms with Gasteiger partial charge in [0.2, 0.25) is 0 Å². The van der Waals surface area contributed by atoms with E-state index in [-0.39, 0.29) is 18.0 Å². The van der Waals surface area contributed by atoms with E-state index < -0.39 is 0 Å². The lowest BCUT2D eigenvalue weighted by Gasteiger charge is -2.15. The summed E-state index contributed by atoms with van der Waals surface area (Å²) in [7, 11) is 1.91. The van der Waals surface area contributed by atoms with E-state index in [9.17, 15) is 9.59 Å². The zero-order valence-corrected chi connectivity index (χ0v) is 18.6. The predicted molar refractivity (Wildman–Crippen MR) is 126 cm³/mol. The summed E-state index contributed by atoms with van der Waals surface area (Å²) >= 11 is 1.46. The number of quaternary nitrogens is 1. The molecular formula is C24H25N4O2S+. The standard InChI is InChI=1S/C24H24N4O2S/c1-15-8-7-9-16(2)22(15)27-20(29)13-28(3)12-19-25-23(30)21-18(14-31-24(21)26-19)17-10-5-4-6-11-17/h4-11,14H,12-13H2,1-3H3,(H,27,29)(H,25,26,30)/p+1. The van der Waals surface area contributed by atoms with Crippen LogP contribution in [0.1, 0.15) is 17.0 Å². The highest BCUT2D eigenvalue weighted by atomic mass is 32.1. The number of hydrogen-bond donors (Lipinski definition) is 3. The van der Waals surface area contributed by atoms with Gasteiger partial charge in [-0.25, -0.2) is 4.98 Å². The van der Waals surface area contributed by atoms with Gasteiger partial charge in [0.25, 0.3) is 11.5 Å². The number of aromatic amines is 1. The third kappa shape index (κ3) is 4.57. The molecule has 4 rings (SSSR count). The first-order valence-corrected chi connectivity index (χ1v) is 11.0. The number of para-hydroxylation sites is 1. The Morgan fingerprint density at radius 3 is 2.52 bits per heavy atom. The van der Waals surface area contributed by atoms with Crippen LogP contribution in [0.4, 0.5) is 5.69 Å². The maximum absolute atomic E-state index is 12.8. The summed E-state index contributed by atoms with van der Waals surface area (Å²) < 4.78 is 0. The van der Waals surface area contributed by atoms with Crippen LogP contribution in [0, 0.1) is 13.8 Å². The average molecular weight is 434 g/mol. The number of thiophene rings is 1. The molecule has 0 spiro atoms. The van der Waals surface area contributed by atoms with E-state index in [1.54, 1.807) is 0 Å². The van der Waals surface area contributed by atoms with Gasteiger partial charge in [-0.3, -0.25) is 9.59 Å². The van der Waals surface area contributed by atoms with Crippen molar-refractivity contribution in [3.05, 3.63) is 81.2 Å². The molecule has 4 aromatic rings. The molecule has 0 bridgehead atoms. The molecule has 0 aliphatic carbocycles. The van der Waals surface area contributed by atoms with Gasteiger partial charge in [-0.15, -0.1) is 11.3 Å². The summed E-state index contributed by atoms with van der Waals surface area (Å²) in [6, 6.07) is 15.8. The molecule has 6 nitrogen and oxygen atoms in total. The lowest BCUT2D eigenvalue weighted by molar-refractivity contribution is -0.885. The number of aromatic nitrogens is 2. The normalized spacial score (nSPS) is 12.1. The number of H-pyrrole nitrogens is 1. The number of nitrogens with one attached hydrogen (secondary N) is 3. The van der Waals surface area contributed by atoms with E-state index in [4.69, 9.17) is 0 Å². The molecule has 3 N–H and O–H groups in total.